The van der Waals surface area contributed by atoms with Gasteiger partial charge in [0, 0.05) is 45.0 Å². The van der Waals surface area contributed by atoms with E-state index in [1.54, 1.807) is 7.11 Å². The second-order valence-corrected chi connectivity index (χ2v) is 6.49. The fourth-order valence-electron chi connectivity index (χ4n) is 2.88. The molecule has 0 aliphatic carbocycles. The SMILES string of the molecule is COc1ccc(N2CCN([C@H](C)C(=O)NCCN(C)C)CC2)cc1. The van der Waals surface area contributed by atoms with E-state index in [9.17, 15) is 4.79 Å². The lowest BCUT2D eigenvalue weighted by atomic mass is 10.2. The van der Waals surface area contributed by atoms with Crippen LogP contribution in [0.15, 0.2) is 24.3 Å². The number of hydrogen-bond acceptors (Lipinski definition) is 5. The smallest absolute Gasteiger partial charge is 0.237 e. The fourth-order valence-corrected chi connectivity index (χ4v) is 2.88. The molecule has 2 rings (SSSR count). The largest absolute Gasteiger partial charge is 0.497 e. The number of nitrogens with one attached hydrogen (secondary N) is 1. The van der Waals surface area contributed by atoms with E-state index in [-0.39, 0.29) is 11.9 Å². The average molecular weight is 334 g/mol. The molecule has 1 fully saturated rings. The van der Waals surface area contributed by atoms with Gasteiger partial charge in [0.05, 0.1) is 13.2 Å². The maximum absolute atomic E-state index is 12.2. The van der Waals surface area contributed by atoms with Crippen LogP contribution in [0, 0.1) is 0 Å². The predicted molar refractivity (Wildman–Crippen MR) is 97.8 cm³/mol. The van der Waals surface area contributed by atoms with Crippen LogP contribution in [-0.2, 0) is 4.79 Å². The molecule has 134 valence electrons. The number of carbonyl (C=O) groups is 1. The molecule has 0 saturated carbocycles. The summed E-state index contributed by atoms with van der Waals surface area (Å²) in [4.78, 5) is 18.9. The van der Waals surface area contributed by atoms with E-state index < -0.39 is 0 Å². The number of hydrogen-bond donors (Lipinski definition) is 1. The number of rotatable bonds is 7. The number of anilines is 1. The Kier molecular flexibility index (Phi) is 6.87. The second-order valence-electron chi connectivity index (χ2n) is 6.49. The van der Waals surface area contributed by atoms with Gasteiger partial charge in [-0.3, -0.25) is 9.69 Å². The molecule has 6 nitrogen and oxygen atoms in total. The maximum atomic E-state index is 12.2. The Bertz CT molecular complexity index is 510. The monoisotopic (exact) mass is 334 g/mol. The van der Waals surface area contributed by atoms with Gasteiger partial charge >= 0.3 is 0 Å². The highest BCUT2D eigenvalue weighted by Gasteiger charge is 2.25. The van der Waals surface area contributed by atoms with Crippen molar-refractivity contribution in [1.29, 1.82) is 0 Å². The Morgan fingerprint density at radius 3 is 2.38 bits per heavy atom. The number of carbonyl (C=O) groups excluding carboxylic acids is 1. The van der Waals surface area contributed by atoms with E-state index in [0.29, 0.717) is 6.54 Å². The zero-order chi connectivity index (χ0) is 17.5. The zero-order valence-electron chi connectivity index (χ0n) is 15.3. The third kappa shape index (κ3) is 5.11. The summed E-state index contributed by atoms with van der Waals surface area (Å²) in [6.45, 7) is 7.21. The van der Waals surface area contributed by atoms with E-state index in [4.69, 9.17) is 4.74 Å². The van der Waals surface area contributed by atoms with E-state index in [0.717, 1.165) is 38.5 Å². The number of amides is 1. The molecule has 1 aromatic rings. The van der Waals surface area contributed by atoms with Crippen LogP contribution >= 0.6 is 0 Å². The van der Waals surface area contributed by atoms with Gasteiger partial charge in [-0.1, -0.05) is 0 Å². The minimum Gasteiger partial charge on any atom is -0.497 e. The summed E-state index contributed by atoms with van der Waals surface area (Å²) in [7, 11) is 5.70. The molecule has 0 radical (unpaired) electrons. The molecule has 24 heavy (non-hydrogen) atoms. The Morgan fingerprint density at radius 1 is 1.21 bits per heavy atom. The molecule has 0 unspecified atom stereocenters. The van der Waals surface area contributed by atoms with Crippen LogP contribution in [0.3, 0.4) is 0 Å². The van der Waals surface area contributed by atoms with Crippen LogP contribution in [0.5, 0.6) is 5.75 Å². The summed E-state index contributed by atoms with van der Waals surface area (Å²) < 4.78 is 5.20. The number of likely N-dealkylation sites (N-methyl/N-ethyl adjacent to an activating group) is 1. The molecular formula is C18H30N4O2. The van der Waals surface area contributed by atoms with Crippen LogP contribution < -0.4 is 15.0 Å². The van der Waals surface area contributed by atoms with Crippen LogP contribution in [0.1, 0.15) is 6.92 Å². The van der Waals surface area contributed by atoms with Gasteiger partial charge in [0.2, 0.25) is 5.91 Å². The van der Waals surface area contributed by atoms with Gasteiger partial charge in [-0.25, -0.2) is 0 Å². The first-order chi connectivity index (χ1) is 11.5. The summed E-state index contributed by atoms with van der Waals surface area (Å²) >= 11 is 0. The van der Waals surface area contributed by atoms with Crippen molar-refractivity contribution in [1.82, 2.24) is 15.1 Å². The third-order valence-electron chi connectivity index (χ3n) is 4.54. The fraction of sp³-hybridized carbons (Fsp3) is 0.611. The average Bonchev–Trinajstić information content (AvgIpc) is 2.61. The third-order valence-corrected chi connectivity index (χ3v) is 4.54. The minimum absolute atomic E-state index is 0.0785. The van der Waals surface area contributed by atoms with Crippen LogP contribution in [0.25, 0.3) is 0 Å². The predicted octanol–water partition coefficient (Wildman–Crippen LogP) is 0.884. The van der Waals surface area contributed by atoms with E-state index in [1.165, 1.54) is 5.69 Å². The van der Waals surface area contributed by atoms with Gasteiger partial charge < -0.3 is 19.9 Å². The minimum atomic E-state index is -0.0785. The van der Waals surface area contributed by atoms with Gasteiger partial charge in [-0.05, 0) is 45.3 Å². The standard InChI is InChI=1S/C18H30N4O2/c1-15(18(23)19-9-10-20(2)3)21-11-13-22(14-12-21)16-5-7-17(24-4)8-6-16/h5-8,15H,9-14H2,1-4H3,(H,19,23)/t15-/m1/s1. The van der Waals surface area contributed by atoms with Gasteiger partial charge in [0.1, 0.15) is 5.75 Å². The molecular weight excluding hydrogens is 304 g/mol. The molecule has 0 bridgehead atoms. The van der Waals surface area contributed by atoms with E-state index >= 15 is 0 Å². The van der Waals surface area contributed by atoms with Gasteiger partial charge in [-0.2, -0.15) is 0 Å². The number of benzene rings is 1. The molecule has 1 atom stereocenters. The molecule has 1 aliphatic rings. The number of ether oxygens (including phenoxy) is 1. The lowest BCUT2D eigenvalue weighted by Crippen LogP contribution is -2.54. The van der Waals surface area contributed by atoms with E-state index in [1.807, 2.05) is 33.2 Å². The summed E-state index contributed by atoms with van der Waals surface area (Å²) in [5.74, 6) is 0.996. The first kappa shape index (κ1) is 18.5. The molecule has 1 aliphatic heterocycles. The topological polar surface area (TPSA) is 48.1 Å². The summed E-state index contributed by atoms with van der Waals surface area (Å²) in [5, 5.41) is 3.02. The van der Waals surface area contributed by atoms with Crippen molar-refractivity contribution in [2.75, 3.05) is 65.4 Å². The van der Waals surface area contributed by atoms with Gasteiger partial charge in [-0.15, -0.1) is 0 Å². The van der Waals surface area contributed by atoms with Crippen LogP contribution in [0.4, 0.5) is 5.69 Å². The van der Waals surface area contributed by atoms with Crippen molar-refractivity contribution in [3.8, 4) is 5.75 Å². The maximum Gasteiger partial charge on any atom is 0.237 e. The van der Waals surface area contributed by atoms with Crippen molar-refractivity contribution in [2.45, 2.75) is 13.0 Å². The summed E-state index contributed by atoms with van der Waals surface area (Å²) in [6.07, 6.45) is 0. The molecule has 1 heterocycles. The Morgan fingerprint density at radius 2 is 1.83 bits per heavy atom. The first-order valence-corrected chi connectivity index (χ1v) is 8.56. The second kappa shape index (κ2) is 8.89. The molecule has 0 spiro atoms. The summed E-state index contributed by atoms with van der Waals surface area (Å²) in [6, 6.07) is 8.08. The van der Waals surface area contributed by atoms with Crippen molar-refractivity contribution in [3.05, 3.63) is 24.3 Å². The highest BCUT2D eigenvalue weighted by atomic mass is 16.5. The normalized spacial score (nSPS) is 17.0. The van der Waals surface area contributed by atoms with Gasteiger partial charge in [0.15, 0.2) is 0 Å². The van der Waals surface area contributed by atoms with Gasteiger partial charge in [0.25, 0.3) is 0 Å². The number of piperazine rings is 1. The Labute approximate surface area is 145 Å². The summed E-state index contributed by atoms with van der Waals surface area (Å²) in [5.41, 5.74) is 1.21. The lowest BCUT2D eigenvalue weighted by Gasteiger charge is -2.38. The van der Waals surface area contributed by atoms with Crippen molar-refractivity contribution in [3.63, 3.8) is 0 Å². The van der Waals surface area contributed by atoms with Crippen molar-refractivity contribution < 1.29 is 9.53 Å². The number of methoxy groups -OCH3 is 1. The molecule has 1 aromatic carbocycles. The Hall–Kier alpha value is -1.79. The Balaban J connectivity index is 1.79. The molecule has 1 saturated heterocycles. The highest BCUT2D eigenvalue weighted by molar-refractivity contribution is 5.81. The molecule has 1 N–H and O–H groups in total. The highest BCUT2D eigenvalue weighted by Crippen LogP contribution is 2.21. The molecule has 1 amide bonds. The van der Waals surface area contributed by atoms with Crippen molar-refractivity contribution in [2.24, 2.45) is 0 Å². The zero-order valence-corrected chi connectivity index (χ0v) is 15.3. The van der Waals surface area contributed by atoms with Crippen LogP contribution in [-0.4, -0.2) is 82.2 Å². The van der Waals surface area contributed by atoms with E-state index in [2.05, 4.69) is 32.1 Å². The van der Waals surface area contributed by atoms with Crippen LogP contribution in [0.2, 0.25) is 0 Å². The lowest BCUT2D eigenvalue weighted by molar-refractivity contribution is -0.126. The van der Waals surface area contributed by atoms with Crippen molar-refractivity contribution >= 4 is 11.6 Å². The first-order valence-electron chi connectivity index (χ1n) is 8.56. The number of nitrogens with zero attached hydrogens (tertiary/aromatic N) is 3. The quantitative estimate of drug-likeness (QED) is 0.802. The molecule has 6 heteroatoms. The molecule has 0 aromatic heterocycles.